The van der Waals surface area contributed by atoms with Gasteiger partial charge in [0.1, 0.15) is 17.1 Å². The topological polar surface area (TPSA) is 69.0 Å². The Morgan fingerprint density at radius 1 is 1.25 bits per heavy atom. The molecule has 1 aliphatic rings. The molecule has 1 aromatic carbocycles. The Labute approximate surface area is 186 Å². The fraction of sp³-hybridized carbons (Fsp3) is 0.458. The van der Waals surface area contributed by atoms with Crippen LogP contribution < -0.4 is 10.1 Å². The van der Waals surface area contributed by atoms with Gasteiger partial charge in [-0.2, -0.15) is 13.9 Å². The molecule has 0 spiro atoms. The third-order valence-corrected chi connectivity index (χ3v) is 6.24. The molecule has 0 atom stereocenters. The average Bonchev–Trinajstić information content (AvgIpc) is 3.18. The molecule has 170 valence electrons. The summed E-state index contributed by atoms with van der Waals surface area (Å²) in [6.45, 7) is 4.93. The highest BCUT2D eigenvalue weighted by atomic mass is 19.3. The molecule has 0 aliphatic heterocycles. The standard InChI is InChI=1S/C24H28F2N4O2/c1-14-8-10-17(11-9-14)30-13-16-12-19(22(32-4)15(2)21(16)29-30)28-23(31)18-6-5-7-20(27-18)24(3,25)26/h5-7,12-14,17H,8-11H2,1-4H3,(H,28,31). The number of aromatic nitrogens is 3. The van der Waals surface area contributed by atoms with E-state index in [0.29, 0.717) is 17.5 Å². The molecule has 1 aliphatic carbocycles. The number of pyridine rings is 1. The minimum atomic E-state index is -3.13. The van der Waals surface area contributed by atoms with Crippen LogP contribution in [0.1, 0.15) is 67.3 Å². The van der Waals surface area contributed by atoms with Crippen LogP contribution in [0.3, 0.4) is 0 Å². The molecule has 32 heavy (non-hydrogen) atoms. The second-order valence-electron chi connectivity index (χ2n) is 8.79. The number of hydrogen-bond acceptors (Lipinski definition) is 4. The van der Waals surface area contributed by atoms with Crippen LogP contribution >= 0.6 is 0 Å². The number of alkyl halides is 2. The molecule has 0 radical (unpaired) electrons. The number of halogens is 2. The average molecular weight is 443 g/mol. The van der Waals surface area contributed by atoms with Crippen LogP contribution in [-0.2, 0) is 5.92 Å². The first-order valence-electron chi connectivity index (χ1n) is 10.9. The number of ether oxygens (including phenoxy) is 1. The van der Waals surface area contributed by atoms with Crippen molar-refractivity contribution in [3.05, 3.63) is 47.4 Å². The summed E-state index contributed by atoms with van der Waals surface area (Å²) in [5.41, 5.74) is 1.55. The van der Waals surface area contributed by atoms with Crippen molar-refractivity contribution >= 4 is 22.5 Å². The van der Waals surface area contributed by atoms with Crippen molar-refractivity contribution < 1.29 is 18.3 Å². The molecule has 6 nitrogen and oxygen atoms in total. The second kappa shape index (κ2) is 8.48. The molecule has 8 heteroatoms. The number of amides is 1. The van der Waals surface area contributed by atoms with Crippen LogP contribution in [0, 0.1) is 12.8 Å². The van der Waals surface area contributed by atoms with Crippen LogP contribution in [0.4, 0.5) is 14.5 Å². The van der Waals surface area contributed by atoms with Gasteiger partial charge < -0.3 is 10.1 Å². The van der Waals surface area contributed by atoms with Crippen LogP contribution in [0.25, 0.3) is 10.9 Å². The number of aryl methyl sites for hydroxylation is 1. The van der Waals surface area contributed by atoms with E-state index in [9.17, 15) is 13.6 Å². The van der Waals surface area contributed by atoms with E-state index in [1.165, 1.54) is 38.2 Å². The maximum absolute atomic E-state index is 13.6. The van der Waals surface area contributed by atoms with E-state index in [0.717, 1.165) is 42.1 Å². The molecule has 1 fully saturated rings. The summed E-state index contributed by atoms with van der Waals surface area (Å²) in [5.74, 6) is -2.47. The van der Waals surface area contributed by atoms with Gasteiger partial charge >= 0.3 is 0 Å². The van der Waals surface area contributed by atoms with Crippen LogP contribution in [0.2, 0.25) is 0 Å². The third kappa shape index (κ3) is 4.31. The lowest BCUT2D eigenvalue weighted by Gasteiger charge is -2.26. The molecular formula is C24H28F2N4O2. The molecule has 3 aromatic rings. The number of hydrogen-bond donors (Lipinski definition) is 1. The van der Waals surface area contributed by atoms with E-state index in [4.69, 9.17) is 9.84 Å². The molecule has 1 saturated carbocycles. The van der Waals surface area contributed by atoms with Crippen molar-refractivity contribution in [2.75, 3.05) is 12.4 Å². The number of rotatable bonds is 5. The lowest BCUT2D eigenvalue weighted by molar-refractivity contribution is 0.0126. The van der Waals surface area contributed by atoms with Gasteiger partial charge in [-0.3, -0.25) is 9.48 Å². The first-order valence-corrected chi connectivity index (χ1v) is 10.9. The van der Waals surface area contributed by atoms with Gasteiger partial charge in [0.05, 0.1) is 24.4 Å². The van der Waals surface area contributed by atoms with E-state index in [1.807, 2.05) is 23.9 Å². The Hall–Kier alpha value is -3.03. The van der Waals surface area contributed by atoms with Crippen LogP contribution in [-0.4, -0.2) is 27.8 Å². The number of carbonyl (C=O) groups is 1. The highest BCUT2D eigenvalue weighted by Gasteiger charge is 2.27. The Bertz CT molecular complexity index is 1140. The molecule has 0 unspecified atom stereocenters. The van der Waals surface area contributed by atoms with Gasteiger partial charge in [-0.1, -0.05) is 13.0 Å². The van der Waals surface area contributed by atoms with Crippen LogP contribution in [0.5, 0.6) is 5.75 Å². The minimum Gasteiger partial charge on any atom is -0.494 e. The Morgan fingerprint density at radius 3 is 2.62 bits per heavy atom. The zero-order valence-electron chi connectivity index (χ0n) is 18.8. The van der Waals surface area contributed by atoms with Crippen molar-refractivity contribution in [2.24, 2.45) is 5.92 Å². The molecule has 4 rings (SSSR count). The highest BCUT2D eigenvalue weighted by Crippen LogP contribution is 2.37. The Morgan fingerprint density at radius 2 is 1.97 bits per heavy atom. The first kappa shape index (κ1) is 22.2. The predicted molar refractivity (Wildman–Crippen MR) is 119 cm³/mol. The fourth-order valence-electron chi connectivity index (χ4n) is 4.38. The summed E-state index contributed by atoms with van der Waals surface area (Å²) in [4.78, 5) is 16.6. The molecule has 1 N–H and O–H groups in total. The van der Waals surface area contributed by atoms with Gasteiger partial charge in [0.2, 0.25) is 0 Å². The Balaban J connectivity index is 1.66. The number of nitrogens with zero attached hydrogens (tertiary/aromatic N) is 3. The molecule has 1 amide bonds. The van der Waals surface area contributed by atoms with Gasteiger partial charge in [-0.25, -0.2) is 4.98 Å². The largest absolute Gasteiger partial charge is 0.494 e. The fourth-order valence-corrected chi connectivity index (χ4v) is 4.38. The van der Waals surface area contributed by atoms with Gasteiger partial charge in [0.15, 0.2) is 0 Å². The van der Waals surface area contributed by atoms with E-state index in [2.05, 4.69) is 17.2 Å². The van der Waals surface area contributed by atoms with E-state index >= 15 is 0 Å². The number of benzene rings is 1. The summed E-state index contributed by atoms with van der Waals surface area (Å²) in [6.07, 6.45) is 6.58. The normalized spacial score (nSPS) is 19.2. The second-order valence-corrected chi connectivity index (χ2v) is 8.79. The van der Waals surface area contributed by atoms with E-state index in [1.54, 1.807) is 0 Å². The van der Waals surface area contributed by atoms with Crippen molar-refractivity contribution in [3.8, 4) is 5.75 Å². The van der Waals surface area contributed by atoms with Gasteiger partial charge in [-0.05, 0) is 56.7 Å². The summed E-state index contributed by atoms with van der Waals surface area (Å²) >= 11 is 0. The molecule has 0 saturated heterocycles. The quantitative estimate of drug-likeness (QED) is 0.537. The molecule has 2 heterocycles. The summed E-state index contributed by atoms with van der Waals surface area (Å²) in [5, 5.41) is 8.48. The number of methoxy groups -OCH3 is 1. The summed E-state index contributed by atoms with van der Waals surface area (Å²) in [6, 6.07) is 6.19. The van der Waals surface area contributed by atoms with E-state index < -0.39 is 17.5 Å². The van der Waals surface area contributed by atoms with Gasteiger partial charge in [-0.15, -0.1) is 0 Å². The first-order chi connectivity index (χ1) is 15.2. The minimum absolute atomic E-state index is 0.0872. The maximum atomic E-state index is 13.6. The molecule has 2 aromatic heterocycles. The maximum Gasteiger partial charge on any atom is 0.287 e. The third-order valence-electron chi connectivity index (χ3n) is 6.24. The summed E-state index contributed by atoms with van der Waals surface area (Å²) in [7, 11) is 1.53. The zero-order valence-corrected chi connectivity index (χ0v) is 18.8. The smallest absolute Gasteiger partial charge is 0.287 e. The van der Waals surface area contributed by atoms with Crippen molar-refractivity contribution in [2.45, 2.75) is 58.4 Å². The zero-order chi connectivity index (χ0) is 23.0. The van der Waals surface area contributed by atoms with Crippen LogP contribution in [0.15, 0.2) is 30.5 Å². The number of carbonyl (C=O) groups excluding carboxylic acids is 1. The number of nitrogens with one attached hydrogen (secondary N) is 1. The number of anilines is 1. The molecular weight excluding hydrogens is 414 g/mol. The van der Waals surface area contributed by atoms with Crippen molar-refractivity contribution in [1.82, 2.24) is 14.8 Å². The lowest BCUT2D eigenvalue weighted by Crippen LogP contribution is -2.18. The SMILES string of the molecule is COc1c(NC(=O)c2cccc(C(C)(F)F)n2)cc2cn(C3CCC(C)CC3)nc2c1C. The molecule has 0 bridgehead atoms. The lowest BCUT2D eigenvalue weighted by atomic mass is 9.87. The van der Waals surface area contributed by atoms with Gasteiger partial charge in [0.25, 0.3) is 11.8 Å². The monoisotopic (exact) mass is 442 g/mol. The summed E-state index contributed by atoms with van der Waals surface area (Å²) < 4.78 is 34.8. The predicted octanol–water partition coefficient (Wildman–Crippen LogP) is 5.86. The van der Waals surface area contributed by atoms with Crippen molar-refractivity contribution in [1.29, 1.82) is 0 Å². The van der Waals surface area contributed by atoms with Crippen molar-refractivity contribution in [3.63, 3.8) is 0 Å². The van der Waals surface area contributed by atoms with E-state index in [-0.39, 0.29) is 5.69 Å². The Kier molecular flexibility index (Phi) is 5.88. The highest BCUT2D eigenvalue weighted by molar-refractivity contribution is 6.05. The van der Waals surface area contributed by atoms with Gasteiger partial charge in [0, 0.05) is 24.1 Å². The number of fused-ring (bicyclic) bond motifs is 1.